The van der Waals surface area contributed by atoms with Gasteiger partial charge in [0.1, 0.15) is 0 Å². The van der Waals surface area contributed by atoms with Crippen LogP contribution in [-0.4, -0.2) is 50.1 Å². The van der Waals surface area contributed by atoms with Crippen LogP contribution in [0.3, 0.4) is 0 Å². The Morgan fingerprint density at radius 2 is 2.19 bits per heavy atom. The van der Waals surface area contributed by atoms with Crippen LogP contribution in [-0.2, 0) is 14.3 Å². The lowest BCUT2D eigenvalue weighted by molar-refractivity contribution is -0.141. The summed E-state index contributed by atoms with van der Waals surface area (Å²) in [7, 11) is 1.69. The maximum Gasteiger partial charge on any atom is 0.242 e. The summed E-state index contributed by atoms with van der Waals surface area (Å²) < 4.78 is 5.07. The van der Waals surface area contributed by atoms with Gasteiger partial charge in [0.2, 0.25) is 11.8 Å². The van der Waals surface area contributed by atoms with E-state index in [2.05, 4.69) is 5.32 Å². The van der Waals surface area contributed by atoms with Crippen molar-refractivity contribution in [3.63, 3.8) is 0 Å². The molecule has 0 aromatic rings. The van der Waals surface area contributed by atoms with Crippen molar-refractivity contribution in [1.29, 1.82) is 0 Å². The summed E-state index contributed by atoms with van der Waals surface area (Å²) in [5.74, 6) is -0.0227. The second-order valence-electron chi connectivity index (χ2n) is 4.77. The topological polar surface area (TPSA) is 58.6 Å². The molecule has 0 bridgehead atoms. The summed E-state index contributed by atoms with van der Waals surface area (Å²) in [4.78, 5) is 24.5. The van der Waals surface area contributed by atoms with Crippen molar-refractivity contribution in [2.24, 2.45) is 5.41 Å². The molecular weight excluding hydrogens is 208 g/mol. The maximum absolute atomic E-state index is 11.6. The third-order valence-corrected chi connectivity index (χ3v) is 3.44. The van der Waals surface area contributed by atoms with Gasteiger partial charge in [0.15, 0.2) is 0 Å². The number of ether oxygens (including phenoxy) is 1. The highest BCUT2D eigenvalue weighted by atomic mass is 16.5. The zero-order valence-electron chi connectivity index (χ0n) is 9.62. The molecule has 1 saturated carbocycles. The Morgan fingerprint density at radius 3 is 2.81 bits per heavy atom. The number of carbonyl (C=O) groups is 2. The fourth-order valence-electron chi connectivity index (χ4n) is 2.13. The number of carbonyl (C=O) groups excluding carboxylic acids is 2. The third-order valence-electron chi connectivity index (χ3n) is 3.44. The number of nitrogens with one attached hydrogen (secondary N) is 1. The van der Waals surface area contributed by atoms with Crippen LogP contribution in [0.25, 0.3) is 0 Å². The van der Waals surface area contributed by atoms with Crippen molar-refractivity contribution in [2.45, 2.75) is 19.3 Å². The summed E-state index contributed by atoms with van der Waals surface area (Å²) in [5.41, 5.74) is 0.225. The highest BCUT2D eigenvalue weighted by Gasteiger charge is 2.44. The molecule has 1 N–H and O–H groups in total. The van der Waals surface area contributed by atoms with E-state index < -0.39 is 0 Å². The molecule has 2 aliphatic rings. The molecule has 90 valence electrons. The summed E-state index contributed by atoms with van der Waals surface area (Å²) >= 11 is 0. The molecule has 5 heteroatoms. The predicted octanol–water partition coefficient (Wildman–Crippen LogP) is -0.238. The molecule has 2 rings (SSSR count). The van der Waals surface area contributed by atoms with Gasteiger partial charge in [-0.25, -0.2) is 0 Å². The Morgan fingerprint density at radius 1 is 1.44 bits per heavy atom. The lowest BCUT2D eigenvalue weighted by Gasteiger charge is -2.30. The smallest absolute Gasteiger partial charge is 0.242 e. The zero-order valence-corrected chi connectivity index (χ0v) is 9.62. The number of rotatable bonds is 5. The molecule has 1 aliphatic carbocycles. The molecule has 0 aromatic heterocycles. The van der Waals surface area contributed by atoms with E-state index in [-0.39, 0.29) is 30.3 Å². The number of piperazine rings is 1. The monoisotopic (exact) mass is 226 g/mol. The molecule has 0 spiro atoms. The fourth-order valence-corrected chi connectivity index (χ4v) is 2.13. The molecule has 0 atom stereocenters. The summed E-state index contributed by atoms with van der Waals surface area (Å²) in [6, 6.07) is 0. The van der Waals surface area contributed by atoms with Crippen LogP contribution in [0.15, 0.2) is 0 Å². The average molecular weight is 226 g/mol. The van der Waals surface area contributed by atoms with Crippen molar-refractivity contribution in [3.05, 3.63) is 0 Å². The minimum Gasteiger partial charge on any atom is -0.385 e. The minimum absolute atomic E-state index is 0.0308. The van der Waals surface area contributed by atoms with Gasteiger partial charge < -0.3 is 15.0 Å². The Hall–Kier alpha value is -1.10. The average Bonchev–Trinajstić information content (AvgIpc) is 3.01. The molecular formula is C11H18N2O3. The SMILES string of the molecule is COCCC1(CN2CC(=O)NCC2=O)CC1. The van der Waals surface area contributed by atoms with Gasteiger partial charge in [-0.1, -0.05) is 0 Å². The molecule has 1 saturated heterocycles. The largest absolute Gasteiger partial charge is 0.385 e. The molecule has 0 aromatic carbocycles. The number of hydrogen-bond donors (Lipinski definition) is 1. The molecule has 2 fully saturated rings. The van der Waals surface area contributed by atoms with Gasteiger partial charge in [0.25, 0.3) is 0 Å². The first-order chi connectivity index (χ1) is 7.65. The van der Waals surface area contributed by atoms with E-state index in [0.717, 1.165) is 25.9 Å². The minimum atomic E-state index is -0.0536. The predicted molar refractivity (Wildman–Crippen MR) is 57.7 cm³/mol. The van der Waals surface area contributed by atoms with Gasteiger partial charge in [-0.2, -0.15) is 0 Å². The molecule has 2 amide bonds. The molecule has 0 unspecified atom stereocenters. The van der Waals surface area contributed by atoms with E-state index in [1.807, 2.05) is 0 Å². The lowest BCUT2D eigenvalue weighted by atomic mass is 10.0. The first-order valence-corrected chi connectivity index (χ1v) is 5.69. The number of amides is 2. The number of nitrogens with zero attached hydrogens (tertiary/aromatic N) is 1. The lowest BCUT2D eigenvalue weighted by Crippen LogP contribution is -2.53. The first kappa shape index (κ1) is 11.4. The number of hydrogen-bond acceptors (Lipinski definition) is 3. The van der Waals surface area contributed by atoms with Crippen LogP contribution in [0.5, 0.6) is 0 Å². The Balaban J connectivity index is 1.88. The van der Waals surface area contributed by atoms with Crippen LogP contribution in [0.2, 0.25) is 0 Å². The van der Waals surface area contributed by atoms with Crippen molar-refractivity contribution >= 4 is 11.8 Å². The standard InChI is InChI=1S/C11H18N2O3/c1-16-5-4-11(2-3-11)8-13-7-9(14)12-6-10(13)15/h2-8H2,1H3,(H,12,14). The first-order valence-electron chi connectivity index (χ1n) is 5.69. The molecule has 1 heterocycles. The van der Waals surface area contributed by atoms with Crippen molar-refractivity contribution in [1.82, 2.24) is 10.2 Å². The second kappa shape index (κ2) is 4.41. The Bertz CT molecular complexity index is 300. The molecule has 1 aliphatic heterocycles. The van der Waals surface area contributed by atoms with E-state index in [4.69, 9.17) is 4.74 Å². The van der Waals surface area contributed by atoms with Crippen LogP contribution >= 0.6 is 0 Å². The fraction of sp³-hybridized carbons (Fsp3) is 0.818. The summed E-state index contributed by atoms with van der Waals surface area (Å²) in [6.45, 7) is 1.81. The zero-order chi connectivity index (χ0) is 11.6. The summed E-state index contributed by atoms with van der Waals surface area (Å²) in [5, 5.41) is 2.56. The van der Waals surface area contributed by atoms with Crippen LogP contribution in [0.4, 0.5) is 0 Å². The highest BCUT2D eigenvalue weighted by Crippen LogP contribution is 2.49. The van der Waals surface area contributed by atoms with E-state index in [9.17, 15) is 9.59 Å². The van der Waals surface area contributed by atoms with Gasteiger partial charge >= 0.3 is 0 Å². The maximum atomic E-state index is 11.6. The van der Waals surface area contributed by atoms with Crippen LogP contribution in [0.1, 0.15) is 19.3 Å². The van der Waals surface area contributed by atoms with E-state index in [1.54, 1.807) is 12.0 Å². The molecule has 16 heavy (non-hydrogen) atoms. The normalized spacial score (nSPS) is 23.2. The van der Waals surface area contributed by atoms with Gasteiger partial charge in [0, 0.05) is 20.3 Å². The van der Waals surface area contributed by atoms with Gasteiger partial charge in [-0.3, -0.25) is 9.59 Å². The van der Waals surface area contributed by atoms with Crippen LogP contribution < -0.4 is 5.32 Å². The highest BCUT2D eigenvalue weighted by molar-refractivity contribution is 5.92. The van der Waals surface area contributed by atoms with Crippen molar-refractivity contribution < 1.29 is 14.3 Å². The quantitative estimate of drug-likeness (QED) is 0.704. The molecule has 0 radical (unpaired) electrons. The summed E-state index contributed by atoms with van der Waals surface area (Å²) in [6.07, 6.45) is 3.26. The van der Waals surface area contributed by atoms with Crippen LogP contribution in [0, 0.1) is 5.41 Å². The van der Waals surface area contributed by atoms with E-state index in [1.165, 1.54) is 0 Å². The van der Waals surface area contributed by atoms with Gasteiger partial charge in [-0.15, -0.1) is 0 Å². The van der Waals surface area contributed by atoms with Crippen molar-refractivity contribution in [3.8, 4) is 0 Å². The van der Waals surface area contributed by atoms with Gasteiger partial charge in [0.05, 0.1) is 13.1 Å². The Labute approximate surface area is 95.1 Å². The molecule has 5 nitrogen and oxygen atoms in total. The number of methoxy groups -OCH3 is 1. The Kier molecular flexibility index (Phi) is 3.14. The van der Waals surface area contributed by atoms with E-state index in [0.29, 0.717) is 6.54 Å². The third kappa shape index (κ3) is 2.52. The van der Waals surface area contributed by atoms with Gasteiger partial charge in [-0.05, 0) is 24.7 Å². The second-order valence-corrected chi connectivity index (χ2v) is 4.77. The van der Waals surface area contributed by atoms with Crippen molar-refractivity contribution in [2.75, 3.05) is 33.4 Å². The van der Waals surface area contributed by atoms with E-state index >= 15 is 0 Å².